The van der Waals surface area contributed by atoms with Crippen molar-refractivity contribution >= 4 is 11.6 Å². The first-order valence-electron chi connectivity index (χ1n) is 5.63. The van der Waals surface area contributed by atoms with Crippen LogP contribution in [0.1, 0.15) is 47.5 Å². The largest absolute Gasteiger partial charge is 0.305 e. The predicted molar refractivity (Wildman–Crippen MR) is 61.8 cm³/mol. The van der Waals surface area contributed by atoms with E-state index in [-0.39, 0.29) is 29.6 Å². The van der Waals surface area contributed by atoms with Gasteiger partial charge in [-0.25, -0.2) is 0 Å². The van der Waals surface area contributed by atoms with Crippen molar-refractivity contribution in [1.82, 2.24) is 5.32 Å². The maximum absolute atomic E-state index is 11.8. The van der Waals surface area contributed by atoms with Gasteiger partial charge in [-0.2, -0.15) is 0 Å². The zero-order valence-electron chi connectivity index (χ0n) is 10.5. The number of ketones is 2. The fraction of sp³-hybridized carbons (Fsp3) is 0.833. The Morgan fingerprint density at radius 1 is 1.13 bits per heavy atom. The zero-order valence-corrected chi connectivity index (χ0v) is 10.5. The highest BCUT2D eigenvalue weighted by Crippen LogP contribution is 2.07. The normalized spacial score (nSPS) is 13.3. The predicted octanol–water partition coefficient (Wildman–Crippen LogP) is 1.95. The molecule has 0 spiro atoms. The van der Waals surface area contributed by atoms with Gasteiger partial charge in [-0.1, -0.05) is 27.7 Å². The molecule has 1 atom stereocenters. The molecular weight excluding hydrogens is 190 g/mol. The SMILES string of the molecule is CC(=O)CC[C@@H](NC(C)C)C(=O)C(C)C. The molecule has 0 fully saturated rings. The maximum Gasteiger partial charge on any atom is 0.152 e. The van der Waals surface area contributed by atoms with Gasteiger partial charge < -0.3 is 10.1 Å². The molecule has 0 aliphatic rings. The van der Waals surface area contributed by atoms with Crippen LogP contribution in [0.25, 0.3) is 0 Å². The van der Waals surface area contributed by atoms with E-state index < -0.39 is 0 Å². The highest BCUT2D eigenvalue weighted by molar-refractivity contribution is 5.86. The van der Waals surface area contributed by atoms with Gasteiger partial charge in [-0.3, -0.25) is 4.79 Å². The summed E-state index contributed by atoms with van der Waals surface area (Å²) in [6, 6.07) is 0.0959. The molecule has 15 heavy (non-hydrogen) atoms. The van der Waals surface area contributed by atoms with Crippen molar-refractivity contribution < 1.29 is 9.59 Å². The first kappa shape index (κ1) is 14.3. The minimum atomic E-state index is -0.172. The Bertz CT molecular complexity index is 222. The van der Waals surface area contributed by atoms with Crippen LogP contribution in [0.2, 0.25) is 0 Å². The highest BCUT2D eigenvalue weighted by Gasteiger charge is 2.21. The molecule has 0 saturated heterocycles. The summed E-state index contributed by atoms with van der Waals surface area (Å²) in [4.78, 5) is 22.7. The lowest BCUT2D eigenvalue weighted by molar-refractivity contribution is -0.124. The second kappa shape index (κ2) is 6.72. The van der Waals surface area contributed by atoms with Gasteiger partial charge in [-0.05, 0) is 13.3 Å². The number of carbonyl (C=O) groups excluding carboxylic acids is 2. The maximum atomic E-state index is 11.8. The smallest absolute Gasteiger partial charge is 0.152 e. The van der Waals surface area contributed by atoms with Crippen molar-refractivity contribution in [1.29, 1.82) is 0 Å². The lowest BCUT2D eigenvalue weighted by Crippen LogP contribution is -2.43. The van der Waals surface area contributed by atoms with Crippen molar-refractivity contribution in [2.24, 2.45) is 5.92 Å². The minimum Gasteiger partial charge on any atom is -0.305 e. The highest BCUT2D eigenvalue weighted by atomic mass is 16.1. The molecule has 1 N–H and O–H groups in total. The molecule has 3 heteroatoms. The van der Waals surface area contributed by atoms with Crippen molar-refractivity contribution in [2.75, 3.05) is 0 Å². The third-order valence-corrected chi connectivity index (χ3v) is 2.23. The van der Waals surface area contributed by atoms with Crippen LogP contribution in [0.15, 0.2) is 0 Å². The summed E-state index contributed by atoms with van der Waals surface area (Å²) in [5.41, 5.74) is 0. The molecule has 0 radical (unpaired) electrons. The summed E-state index contributed by atoms with van der Waals surface area (Å²) in [7, 11) is 0. The third-order valence-electron chi connectivity index (χ3n) is 2.23. The van der Waals surface area contributed by atoms with Crippen molar-refractivity contribution in [3.8, 4) is 0 Å². The first-order valence-corrected chi connectivity index (χ1v) is 5.63. The lowest BCUT2D eigenvalue weighted by Gasteiger charge is -2.21. The number of carbonyl (C=O) groups is 2. The lowest BCUT2D eigenvalue weighted by atomic mass is 9.96. The van der Waals surface area contributed by atoms with Crippen LogP contribution < -0.4 is 5.32 Å². The summed E-state index contributed by atoms with van der Waals surface area (Å²) < 4.78 is 0. The molecule has 0 heterocycles. The molecule has 0 bridgehead atoms. The number of hydrogen-bond acceptors (Lipinski definition) is 3. The van der Waals surface area contributed by atoms with E-state index in [0.29, 0.717) is 12.8 Å². The molecule has 0 aromatic heterocycles. The summed E-state index contributed by atoms with van der Waals surface area (Å²) >= 11 is 0. The molecule has 0 aliphatic heterocycles. The Morgan fingerprint density at radius 3 is 2.00 bits per heavy atom. The van der Waals surface area contributed by atoms with E-state index in [1.807, 2.05) is 27.7 Å². The van der Waals surface area contributed by atoms with Crippen molar-refractivity contribution in [2.45, 2.75) is 59.5 Å². The Hall–Kier alpha value is -0.700. The van der Waals surface area contributed by atoms with Gasteiger partial charge in [0.2, 0.25) is 0 Å². The Labute approximate surface area is 92.6 Å². The quantitative estimate of drug-likeness (QED) is 0.703. The van der Waals surface area contributed by atoms with Crippen molar-refractivity contribution in [3.63, 3.8) is 0 Å². The second-order valence-corrected chi connectivity index (χ2v) is 4.67. The molecule has 0 rings (SSSR count). The van der Waals surface area contributed by atoms with Gasteiger partial charge in [0, 0.05) is 18.4 Å². The van der Waals surface area contributed by atoms with Crippen LogP contribution in [0.3, 0.4) is 0 Å². The number of Topliss-reactive ketones (excluding diaryl/α,β-unsaturated/α-hetero) is 2. The van der Waals surface area contributed by atoms with Gasteiger partial charge in [0.25, 0.3) is 0 Å². The number of hydrogen-bond donors (Lipinski definition) is 1. The van der Waals surface area contributed by atoms with Crippen LogP contribution in [0, 0.1) is 5.92 Å². The average molecular weight is 213 g/mol. The molecule has 0 aliphatic carbocycles. The van der Waals surface area contributed by atoms with E-state index in [9.17, 15) is 9.59 Å². The van der Waals surface area contributed by atoms with Crippen LogP contribution in [0.5, 0.6) is 0 Å². The minimum absolute atomic E-state index is 0.0215. The Morgan fingerprint density at radius 2 is 1.67 bits per heavy atom. The van der Waals surface area contributed by atoms with Crippen LogP contribution in [-0.2, 0) is 9.59 Å². The Kier molecular flexibility index (Phi) is 6.41. The van der Waals surface area contributed by atoms with Crippen molar-refractivity contribution in [3.05, 3.63) is 0 Å². The van der Waals surface area contributed by atoms with Crippen LogP contribution in [0.4, 0.5) is 0 Å². The van der Waals surface area contributed by atoms with Gasteiger partial charge in [0.05, 0.1) is 6.04 Å². The molecule has 0 amide bonds. The molecule has 3 nitrogen and oxygen atoms in total. The van der Waals surface area contributed by atoms with Gasteiger partial charge in [0.15, 0.2) is 5.78 Å². The number of nitrogens with one attached hydrogen (secondary N) is 1. The van der Waals surface area contributed by atoms with E-state index in [4.69, 9.17) is 0 Å². The van der Waals surface area contributed by atoms with E-state index in [2.05, 4.69) is 5.32 Å². The first-order chi connectivity index (χ1) is 6.84. The second-order valence-electron chi connectivity index (χ2n) is 4.67. The van der Waals surface area contributed by atoms with E-state index in [1.165, 1.54) is 0 Å². The molecule has 88 valence electrons. The molecule has 0 aromatic carbocycles. The van der Waals surface area contributed by atoms with Crippen LogP contribution >= 0.6 is 0 Å². The van der Waals surface area contributed by atoms with Gasteiger partial charge >= 0.3 is 0 Å². The molecule has 0 unspecified atom stereocenters. The monoisotopic (exact) mass is 213 g/mol. The summed E-state index contributed by atoms with van der Waals surface area (Å²) in [6.45, 7) is 9.37. The summed E-state index contributed by atoms with van der Waals surface area (Å²) in [5.74, 6) is 0.361. The van der Waals surface area contributed by atoms with Gasteiger partial charge in [0.1, 0.15) is 5.78 Å². The topological polar surface area (TPSA) is 46.2 Å². The zero-order chi connectivity index (χ0) is 12.0. The summed E-state index contributed by atoms with van der Waals surface area (Å²) in [5, 5.41) is 3.21. The fourth-order valence-corrected chi connectivity index (χ4v) is 1.46. The third kappa shape index (κ3) is 6.39. The molecule has 0 saturated carbocycles. The Balaban J connectivity index is 4.30. The molecule has 0 aromatic rings. The fourth-order valence-electron chi connectivity index (χ4n) is 1.46. The summed E-state index contributed by atoms with van der Waals surface area (Å²) in [6.07, 6.45) is 1.09. The van der Waals surface area contributed by atoms with E-state index in [0.717, 1.165) is 0 Å². The van der Waals surface area contributed by atoms with Gasteiger partial charge in [-0.15, -0.1) is 0 Å². The number of rotatable bonds is 7. The van der Waals surface area contributed by atoms with Crippen LogP contribution in [-0.4, -0.2) is 23.7 Å². The van der Waals surface area contributed by atoms with E-state index in [1.54, 1.807) is 6.92 Å². The standard InChI is InChI=1S/C12H23NO2/c1-8(2)12(15)11(13-9(3)4)7-6-10(5)14/h8-9,11,13H,6-7H2,1-5H3/t11-/m1/s1. The van der Waals surface area contributed by atoms with E-state index >= 15 is 0 Å². The average Bonchev–Trinajstić information content (AvgIpc) is 2.10. The molecular formula is C12H23NO2.